The number of aromatic nitrogens is 1. The smallest absolute Gasteiger partial charge is 0.253 e. The number of hydrogen-bond donors (Lipinski definition) is 1. The average Bonchev–Trinajstić information content (AvgIpc) is 3.10. The predicted molar refractivity (Wildman–Crippen MR) is 81.9 cm³/mol. The number of furan rings is 1. The van der Waals surface area contributed by atoms with Gasteiger partial charge in [-0.25, -0.2) is 4.98 Å². The van der Waals surface area contributed by atoms with Crippen LogP contribution in [0, 0.1) is 0 Å². The maximum Gasteiger partial charge on any atom is 0.253 e. The molecule has 1 atom stereocenters. The second kappa shape index (κ2) is 6.62. The number of nitrogens with one attached hydrogen (secondary N) is 1. The van der Waals surface area contributed by atoms with E-state index in [1.54, 1.807) is 24.6 Å². The first-order valence-electron chi connectivity index (χ1n) is 7.37. The van der Waals surface area contributed by atoms with Crippen LogP contribution in [0.5, 0.6) is 0 Å². The van der Waals surface area contributed by atoms with Crippen LogP contribution in [0.2, 0.25) is 0 Å². The Morgan fingerprint density at radius 1 is 1.32 bits per heavy atom. The summed E-state index contributed by atoms with van der Waals surface area (Å²) in [5.74, 6) is 1.44. The maximum atomic E-state index is 12.2. The molecule has 116 valence electrons. The summed E-state index contributed by atoms with van der Waals surface area (Å²) in [6, 6.07) is 7.13. The van der Waals surface area contributed by atoms with Crippen LogP contribution in [-0.2, 0) is 4.74 Å². The highest BCUT2D eigenvalue weighted by Crippen LogP contribution is 2.15. The summed E-state index contributed by atoms with van der Waals surface area (Å²) < 4.78 is 10.6. The third-order valence-electron chi connectivity index (χ3n) is 3.66. The van der Waals surface area contributed by atoms with Crippen molar-refractivity contribution < 1.29 is 13.9 Å². The molecule has 0 radical (unpaired) electrons. The minimum absolute atomic E-state index is 0.162. The number of hydrogen-bond acceptors (Lipinski definition) is 5. The van der Waals surface area contributed by atoms with Crippen molar-refractivity contribution >= 4 is 11.7 Å². The standard InChI is InChI=1S/C16H19N3O3/c1-12(14-3-2-8-22-14)18-16(20)13-4-5-15(17-11-13)19-6-9-21-10-7-19/h2-5,8,11-12H,6-7,9-10H2,1H3,(H,18,20). The number of carbonyl (C=O) groups excluding carboxylic acids is 1. The van der Waals surface area contributed by atoms with Crippen LogP contribution in [-0.4, -0.2) is 37.2 Å². The zero-order chi connectivity index (χ0) is 15.4. The molecule has 1 N–H and O–H groups in total. The molecule has 0 bridgehead atoms. The van der Waals surface area contributed by atoms with Gasteiger partial charge in [0.1, 0.15) is 11.6 Å². The molecule has 0 aromatic carbocycles. The van der Waals surface area contributed by atoms with E-state index in [1.807, 2.05) is 19.1 Å². The largest absolute Gasteiger partial charge is 0.467 e. The van der Waals surface area contributed by atoms with Crippen molar-refractivity contribution in [1.82, 2.24) is 10.3 Å². The van der Waals surface area contributed by atoms with Crippen molar-refractivity contribution in [3.63, 3.8) is 0 Å². The number of anilines is 1. The highest BCUT2D eigenvalue weighted by atomic mass is 16.5. The molecular weight excluding hydrogens is 282 g/mol. The summed E-state index contributed by atoms with van der Waals surface area (Å²) in [5, 5.41) is 2.89. The summed E-state index contributed by atoms with van der Waals surface area (Å²) in [7, 11) is 0. The lowest BCUT2D eigenvalue weighted by Gasteiger charge is -2.27. The van der Waals surface area contributed by atoms with Gasteiger partial charge in [0.25, 0.3) is 5.91 Å². The molecule has 1 unspecified atom stereocenters. The fourth-order valence-electron chi connectivity index (χ4n) is 2.39. The SMILES string of the molecule is CC(NC(=O)c1ccc(N2CCOCC2)nc1)c1ccco1. The summed E-state index contributed by atoms with van der Waals surface area (Å²) >= 11 is 0. The third-order valence-corrected chi connectivity index (χ3v) is 3.66. The molecule has 1 fully saturated rings. The van der Waals surface area contributed by atoms with Gasteiger partial charge >= 0.3 is 0 Å². The molecule has 3 heterocycles. The number of amides is 1. The monoisotopic (exact) mass is 301 g/mol. The van der Waals surface area contributed by atoms with Crippen LogP contribution in [0.1, 0.15) is 29.1 Å². The molecule has 0 saturated carbocycles. The van der Waals surface area contributed by atoms with Crippen LogP contribution in [0.4, 0.5) is 5.82 Å². The van der Waals surface area contributed by atoms with Crippen LogP contribution in [0.15, 0.2) is 41.1 Å². The predicted octanol–water partition coefficient (Wildman–Crippen LogP) is 2.00. The summed E-state index contributed by atoms with van der Waals surface area (Å²) in [5.41, 5.74) is 0.537. The van der Waals surface area contributed by atoms with Gasteiger partial charge in [0, 0.05) is 19.3 Å². The number of pyridine rings is 1. The van der Waals surface area contributed by atoms with Crippen LogP contribution >= 0.6 is 0 Å². The van der Waals surface area contributed by atoms with E-state index >= 15 is 0 Å². The molecule has 1 aliphatic heterocycles. The zero-order valence-electron chi connectivity index (χ0n) is 12.5. The van der Waals surface area contributed by atoms with Crippen molar-refractivity contribution in [2.45, 2.75) is 13.0 Å². The Morgan fingerprint density at radius 3 is 2.77 bits per heavy atom. The number of carbonyl (C=O) groups is 1. The first-order valence-corrected chi connectivity index (χ1v) is 7.37. The Bertz CT molecular complexity index is 604. The molecule has 3 rings (SSSR count). The van der Waals surface area contributed by atoms with Gasteiger partial charge in [-0.1, -0.05) is 0 Å². The Kier molecular flexibility index (Phi) is 4.39. The van der Waals surface area contributed by atoms with Gasteiger partial charge < -0.3 is 19.4 Å². The average molecular weight is 301 g/mol. The topological polar surface area (TPSA) is 67.6 Å². The molecule has 6 nitrogen and oxygen atoms in total. The zero-order valence-corrected chi connectivity index (χ0v) is 12.5. The summed E-state index contributed by atoms with van der Waals surface area (Å²) in [6.07, 6.45) is 3.20. The van der Waals surface area contributed by atoms with Crippen molar-refractivity contribution in [3.8, 4) is 0 Å². The first-order chi connectivity index (χ1) is 10.7. The van der Waals surface area contributed by atoms with Crippen molar-refractivity contribution in [1.29, 1.82) is 0 Å². The van der Waals surface area contributed by atoms with E-state index in [2.05, 4.69) is 15.2 Å². The van der Waals surface area contributed by atoms with E-state index in [1.165, 1.54) is 0 Å². The summed E-state index contributed by atoms with van der Waals surface area (Å²) in [4.78, 5) is 18.7. The van der Waals surface area contributed by atoms with E-state index in [0.29, 0.717) is 18.8 Å². The molecule has 22 heavy (non-hydrogen) atoms. The quantitative estimate of drug-likeness (QED) is 0.935. The van der Waals surface area contributed by atoms with Gasteiger partial charge in [-0.3, -0.25) is 4.79 Å². The molecule has 2 aromatic heterocycles. The van der Waals surface area contributed by atoms with Gasteiger partial charge in [0.15, 0.2) is 0 Å². The van der Waals surface area contributed by atoms with Gasteiger partial charge in [-0.15, -0.1) is 0 Å². The number of nitrogens with zero attached hydrogens (tertiary/aromatic N) is 2. The molecule has 1 amide bonds. The molecule has 6 heteroatoms. The van der Waals surface area contributed by atoms with Crippen molar-refractivity contribution in [2.24, 2.45) is 0 Å². The molecule has 1 aliphatic rings. The minimum atomic E-state index is -0.179. The number of rotatable bonds is 4. The van der Waals surface area contributed by atoms with E-state index in [-0.39, 0.29) is 11.9 Å². The van der Waals surface area contributed by atoms with Crippen molar-refractivity contribution in [2.75, 3.05) is 31.2 Å². The summed E-state index contributed by atoms with van der Waals surface area (Å²) in [6.45, 7) is 4.96. The minimum Gasteiger partial charge on any atom is -0.467 e. The number of morpholine rings is 1. The first kappa shape index (κ1) is 14.6. The van der Waals surface area contributed by atoms with E-state index in [9.17, 15) is 4.79 Å². The Balaban J connectivity index is 1.63. The van der Waals surface area contributed by atoms with Gasteiger partial charge in [0.2, 0.25) is 0 Å². The molecule has 1 saturated heterocycles. The highest BCUT2D eigenvalue weighted by Gasteiger charge is 2.15. The van der Waals surface area contributed by atoms with Crippen LogP contribution < -0.4 is 10.2 Å². The van der Waals surface area contributed by atoms with Gasteiger partial charge in [-0.2, -0.15) is 0 Å². The highest BCUT2D eigenvalue weighted by molar-refractivity contribution is 5.94. The van der Waals surface area contributed by atoms with Crippen molar-refractivity contribution in [3.05, 3.63) is 48.0 Å². The lowest BCUT2D eigenvalue weighted by molar-refractivity contribution is 0.0935. The lowest BCUT2D eigenvalue weighted by Crippen LogP contribution is -2.36. The molecule has 2 aromatic rings. The second-order valence-corrected chi connectivity index (χ2v) is 5.22. The maximum absolute atomic E-state index is 12.2. The fourth-order valence-corrected chi connectivity index (χ4v) is 2.39. The fraction of sp³-hybridized carbons (Fsp3) is 0.375. The Labute approximate surface area is 129 Å². The molecule has 0 spiro atoms. The van der Waals surface area contributed by atoms with E-state index < -0.39 is 0 Å². The van der Waals surface area contributed by atoms with E-state index in [4.69, 9.17) is 9.15 Å². The molecule has 0 aliphatic carbocycles. The number of ether oxygens (including phenoxy) is 1. The molecular formula is C16H19N3O3. The normalized spacial score (nSPS) is 16.3. The Hall–Kier alpha value is -2.34. The van der Waals surface area contributed by atoms with E-state index in [0.717, 1.165) is 24.7 Å². The second-order valence-electron chi connectivity index (χ2n) is 5.22. The van der Waals surface area contributed by atoms with Gasteiger partial charge in [0.05, 0.1) is 31.1 Å². The Morgan fingerprint density at radius 2 is 2.14 bits per heavy atom. The third kappa shape index (κ3) is 3.28. The lowest BCUT2D eigenvalue weighted by atomic mass is 10.2. The van der Waals surface area contributed by atoms with Gasteiger partial charge in [-0.05, 0) is 31.2 Å². The van der Waals surface area contributed by atoms with Crippen LogP contribution in [0.25, 0.3) is 0 Å². The van der Waals surface area contributed by atoms with Crippen LogP contribution in [0.3, 0.4) is 0 Å².